The average molecular weight is 334 g/mol. The van der Waals surface area contributed by atoms with Gasteiger partial charge in [0.25, 0.3) is 0 Å². The molecule has 0 aliphatic rings. The van der Waals surface area contributed by atoms with Gasteiger partial charge in [-0.3, -0.25) is 0 Å². The van der Waals surface area contributed by atoms with E-state index in [0.717, 1.165) is 10.9 Å². The highest BCUT2D eigenvalue weighted by molar-refractivity contribution is 9.10. The third-order valence-electron chi connectivity index (χ3n) is 2.04. The van der Waals surface area contributed by atoms with E-state index in [-0.39, 0.29) is 5.75 Å². The fraction of sp³-hybridized carbons (Fsp3) is 0.100. The summed E-state index contributed by atoms with van der Waals surface area (Å²) in [6, 6.07) is 4.58. The van der Waals surface area contributed by atoms with Crippen LogP contribution < -0.4 is 5.63 Å². The van der Waals surface area contributed by atoms with Crippen molar-refractivity contribution in [2.24, 2.45) is 0 Å². The minimum absolute atomic E-state index is 0.0531. The molecule has 1 aromatic carbocycles. The second kappa shape index (κ2) is 3.98. The normalized spacial score (nSPS) is 10.8. The molecule has 0 unspecified atom stereocenters. The monoisotopic (exact) mass is 332 g/mol. The van der Waals surface area contributed by atoms with Gasteiger partial charge in [0.1, 0.15) is 11.3 Å². The number of phenolic OH excluding ortho intramolecular Hbond substituents is 1. The minimum atomic E-state index is -0.418. The van der Waals surface area contributed by atoms with Gasteiger partial charge < -0.3 is 9.52 Å². The maximum atomic E-state index is 11.2. The van der Waals surface area contributed by atoms with Crippen LogP contribution in [-0.2, 0) is 5.33 Å². The molecule has 0 amide bonds. The molecular formula is C10H6Br2O3. The molecule has 0 saturated carbocycles. The number of aromatic hydroxyl groups is 1. The van der Waals surface area contributed by atoms with Crippen LogP contribution in [0, 0.1) is 0 Å². The standard InChI is InChI=1S/C10H6Br2O3/c11-4-5-1-10(14)15-9-3-8(13)7(12)2-6(5)9/h1-3,13H,4H2. The maximum absolute atomic E-state index is 11.2. The Balaban J connectivity index is 2.90. The lowest BCUT2D eigenvalue weighted by molar-refractivity contribution is 0.469. The first-order valence-electron chi connectivity index (χ1n) is 4.13. The number of phenols is 1. The summed E-state index contributed by atoms with van der Waals surface area (Å²) >= 11 is 6.51. The van der Waals surface area contributed by atoms with Crippen LogP contribution in [0.2, 0.25) is 0 Å². The Labute approximate surface area is 102 Å². The van der Waals surface area contributed by atoms with E-state index in [2.05, 4.69) is 31.9 Å². The zero-order valence-corrected chi connectivity index (χ0v) is 10.6. The van der Waals surface area contributed by atoms with E-state index in [1.54, 1.807) is 6.07 Å². The molecule has 1 heterocycles. The van der Waals surface area contributed by atoms with Crippen molar-refractivity contribution in [3.63, 3.8) is 0 Å². The molecule has 0 saturated heterocycles. The largest absolute Gasteiger partial charge is 0.507 e. The molecule has 1 N–H and O–H groups in total. The molecule has 5 heteroatoms. The maximum Gasteiger partial charge on any atom is 0.336 e. The molecule has 15 heavy (non-hydrogen) atoms. The van der Waals surface area contributed by atoms with Crippen LogP contribution in [0.4, 0.5) is 0 Å². The van der Waals surface area contributed by atoms with Gasteiger partial charge in [0.15, 0.2) is 0 Å². The first kappa shape index (κ1) is 10.7. The van der Waals surface area contributed by atoms with Crippen LogP contribution in [0.25, 0.3) is 11.0 Å². The predicted molar refractivity (Wildman–Crippen MR) is 64.5 cm³/mol. The van der Waals surface area contributed by atoms with Gasteiger partial charge in [0.2, 0.25) is 0 Å². The molecule has 1 aromatic heterocycles. The average Bonchev–Trinajstić information content (AvgIpc) is 2.19. The van der Waals surface area contributed by atoms with Gasteiger partial charge >= 0.3 is 5.63 Å². The van der Waals surface area contributed by atoms with E-state index < -0.39 is 5.63 Å². The topological polar surface area (TPSA) is 50.4 Å². The first-order valence-corrected chi connectivity index (χ1v) is 6.04. The zero-order chi connectivity index (χ0) is 11.0. The summed E-state index contributed by atoms with van der Waals surface area (Å²) in [7, 11) is 0. The van der Waals surface area contributed by atoms with E-state index in [0.29, 0.717) is 15.4 Å². The van der Waals surface area contributed by atoms with Gasteiger partial charge in [0.05, 0.1) is 4.47 Å². The second-order valence-electron chi connectivity index (χ2n) is 3.02. The molecule has 0 spiro atoms. The molecule has 78 valence electrons. The fourth-order valence-corrected chi connectivity index (χ4v) is 2.15. The molecule has 3 nitrogen and oxygen atoms in total. The molecule has 0 fully saturated rings. The van der Waals surface area contributed by atoms with Gasteiger partial charge in [-0.15, -0.1) is 0 Å². The fourth-order valence-electron chi connectivity index (χ4n) is 1.35. The first-order chi connectivity index (χ1) is 7.11. The summed E-state index contributed by atoms with van der Waals surface area (Å²) in [6.45, 7) is 0. The number of halogens is 2. The summed E-state index contributed by atoms with van der Waals surface area (Å²) in [5, 5.41) is 10.8. The summed E-state index contributed by atoms with van der Waals surface area (Å²) in [4.78, 5) is 11.2. The molecule has 0 aliphatic heterocycles. The molecule has 0 radical (unpaired) electrons. The third-order valence-corrected chi connectivity index (χ3v) is 3.28. The zero-order valence-electron chi connectivity index (χ0n) is 7.46. The van der Waals surface area contributed by atoms with Gasteiger partial charge in [-0.05, 0) is 27.6 Å². The van der Waals surface area contributed by atoms with Crippen molar-refractivity contribution < 1.29 is 9.52 Å². The van der Waals surface area contributed by atoms with Crippen molar-refractivity contribution in [1.29, 1.82) is 0 Å². The molecule has 2 aromatic rings. The highest BCUT2D eigenvalue weighted by Gasteiger charge is 2.08. The van der Waals surface area contributed by atoms with Gasteiger partial charge in [-0.25, -0.2) is 4.79 Å². The van der Waals surface area contributed by atoms with Gasteiger partial charge in [-0.1, -0.05) is 15.9 Å². The number of benzene rings is 1. The van der Waals surface area contributed by atoms with Crippen LogP contribution >= 0.6 is 31.9 Å². The van der Waals surface area contributed by atoms with Crippen molar-refractivity contribution >= 4 is 42.8 Å². The molecule has 0 aliphatic carbocycles. The van der Waals surface area contributed by atoms with Crippen LogP contribution in [0.15, 0.2) is 31.9 Å². The van der Waals surface area contributed by atoms with Crippen LogP contribution in [0.5, 0.6) is 5.75 Å². The van der Waals surface area contributed by atoms with E-state index in [1.165, 1.54) is 12.1 Å². The van der Waals surface area contributed by atoms with Crippen molar-refractivity contribution in [1.82, 2.24) is 0 Å². The number of hydrogen-bond acceptors (Lipinski definition) is 3. The highest BCUT2D eigenvalue weighted by atomic mass is 79.9. The quantitative estimate of drug-likeness (QED) is 0.644. The van der Waals surface area contributed by atoms with Crippen molar-refractivity contribution in [2.45, 2.75) is 5.33 Å². The number of rotatable bonds is 1. The predicted octanol–water partition coefficient (Wildman–Crippen LogP) is 3.16. The highest BCUT2D eigenvalue weighted by Crippen LogP contribution is 2.30. The second-order valence-corrected chi connectivity index (χ2v) is 4.44. The Hall–Kier alpha value is -0.810. The molecule has 0 bridgehead atoms. The summed E-state index contributed by atoms with van der Waals surface area (Å²) in [6.07, 6.45) is 0. The number of hydrogen-bond donors (Lipinski definition) is 1. The van der Waals surface area contributed by atoms with Crippen LogP contribution in [0.3, 0.4) is 0 Å². The minimum Gasteiger partial charge on any atom is -0.507 e. The van der Waals surface area contributed by atoms with E-state index in [4.69, 9.17) is 4.42 Å². The van der Waals surface area contributed by atoms with E-state index >= 15 is 0 Å². The molecule has 0 atom stereocenters. The smallest absolute Gasteiger partial charge is 0.336 e. The Morgan fingerprint density at radius 3 is 2.73 bits per heavy atom. The Kier molecular flexibility index (Phi) is 2.84. The van der Waals surface area contributed by atoms with Gasteiger partial charge in [-0.2, -0.15) is 0 Å². The van der Waals surface area contributed by atoms with Crippen LogP contribution in [0.1, 0.15) is 5.56 Å². The Bertz CT molecular complexity index is 575. The Morgan fingerprint density at radius 1 is 1.33 bits per heavy atom. The number of fused-ring (bicyclic) bond motifs is 1. The van der Waals surface area contributed by atoms with Crippen LogP contribution in [-0.4, -0.2) is 5.11 Å². The summed E-state index contributed by atoms with van der Waals surface area (Å²) in [5.41, 5.74) is 0.804. The Morgan fingerprint density at radius 2 is 2.07 bits per heavy atom. The summed E-state index contributed by atoms with van der Waals surface area (Å²) < 4.78 is 5.56. The number of alkyl halides is 1. The lowest BCUT2D eigenvalue weighted by Gasteiger charge is -2.03. The molecule has 2 rings (SSSR count). The van der Waals surface area contributed by atoms with Crippen molar-refractivity contribution in [2.75, 3.05) is 0 Å². The third kappa shape index (κ3) is 1.94. The van der Waals surface area contributed by atoms with E-state index in [1.807, 2.05) is 0 Å². The lowest BCUT2D eigenvalue weighted by Crippen LogP contribution is -1.99. The van der Waals surface area contributed by atoms with Crippen molar-refractivity contribution in [3.8, 4) is 5.75 Å². The van der Waals surface area contributed by atoms with E-state index in [9.17, 15) is 9.90 Å². The summed E-state index contributed by atoms with van der Waals surface area (Å²) in [5.74, 6) is 0.0531. The SMILES string of the molecule is O=c1cc(CBr)c2cc(Br)c(O)cc2o1. The lowest BCUT2D eigenvalue weighted by atomic mass is 10.1. The van der Waals surface area contributed by atoms with Gasteiger partial charge in [0, 0.05) is 22.8 Å². The molecular weight excluding hydrogens is 328 g/mol. The van der Waals surface area contributed by atoms with Crippen molar-refractivity contribution in [3.05, 3.63) is 38.7 Å².